The van der Waals surface area contributed by atoms with Crippen molar-refractivity contribution in [3.8, 4) is 0 Å². The molecule has 11 heteroatoms. The fraction of sp³-hybridized carbons (Fsp3) is 0.878. The Bertz CT molecular complexity index is 900. The summed E-state index contributed by atoms with van der Waals surface area (Å²) in [6.45, 7) is 6.99. The monoisotopic (exact) mass is 743 g/mol. The number of rotatable bonds is 36. The maximum Gasteiger partial charge on any atom is 0.317 e. The van der Waals surface area contributed by atoms with Gasteiger partial charge in [0.05, 0.1) is 13.2 Å². The number of esters is 5. The normalized spacial score (nSPS) is 12.3. The second-order valence-corrected chi connectivity index (χ2v) is 14.4. The molecule has 0 aliphatic heterocycles. The zero-order valence-corrected chi connectivity index (χ0v) is 33.6. The molecule has 0 aromatic heterocycles. The quantitative estimate of drug-likeness (QED) is 0.0345. The van der Waals surface area contributed by atoms with Crippen molar-refractivity contribution in [1.29, 1.82) is 0 Å². The SMILES string of the molecule is CCCCCCCCCCCC(=O)OCC(COC(=O)CCCCCCCCCCC)OC(=O)CCCCCOC(=O)C(C)(COC)COC(C)=O. The average molecular weight is 743 g/mol. The highest BCUT2D eigenvalue weighted by Gasteiger charge is 2.36. The molecule has 0 amide bonds. The van der Waals surface area contributed by atoms with Crippen molar-refractivity contribution in [2.45, 2.75) is 188 Å². The highest BCUT2D eigenvalue weighted by molar-refractivity contribution is 5.77. The maximum absolute atomic E-state index is 12.7. The first kappa shape index (κ1) is 49.3. The van der Waals surface area contributed by atoms with E-state index in [1.54, 1.807) is 6.92 Å². The van der Waals surface area contributed by atoms with Gasteiger partial charge in [-0.05, 0) is 39.0 Å². The Hall–Kier alpha value is -2.69. The van der Waals surface area contributed by atoms with Crippen LogP contribution in [-0.4, -0.2) is 76.1 Å². The van der Waals surface area contributed by atoms with Crippen LogP contribution in [0.5, 0.6) is 0 Å². The number of carbonyl (C=O) groups is 5. The minimum Gasteiger partial charge on any atom is -0.465 e. The minimum atomic E-state index is -1.12. The number of hydrogen-bond acceptors (Lipinski definition) is 11. The van der Waals surface area contributed by atoms with Crippen molar-refractivity contribution >= 4 is 29.8 Å². The van der Waals surface area contributed by atoms with E-state index in [0.29, 0.717) is 32.1 Å². The summed E-state index contributed by atoms with van der Waals surface area (Å²) in [5.74, 6) is -2.22. The van der Waals surface area contributed by atoms with Gasteiger partial charge in [0.15, 0.2) is 6.10 Å². The predicted octanol–water partition coefficient (Wildman–Crippen LogP) is 9.15. The summed E-state index contributed by atoms with van der Waals surface area (Å²) < 4.78 is 31.9. The van der Waals surface area contributed by atoms with E-state index < -0.39 is 29.4 Å². The van der Waals surface area contributed by atoms with Crippen LogP contribution in [0.15, 0.2) is 0 Å². The van der Waals surface area contributed by atoms with E-state index >= 15 is 0 Å². The highest BCUT2D eigenvalue weighted by atomic mass is 16.6. The number of unbranched alkanes of at least 4 members (excludes halogenated alkanes) is 18. The van der Waals surface area contributed by atoms with Crippen LogP contribution in [-0.2, 0) is 52.4 Å². The van der Waals surface area contributed by atoms with Crippen LogP contribution < -0.4 is 0 Å². The Morgan fingerprint density at radius 2 is 0.904 bits per heavy atom. The number of carbonyl (C=O) groups excluding carboxylic acids is 5. The molecule has 0 heterocycles. The van der Waals surface area contributed by atoms with Gasteiger partial charge in [-0.15, -0.1) is 0 Å². The van der Waals surface area contributed by atoms with E-state index in [0.717, 1.165) is 38.5 Å². The van der Waals surface area contributed by atoms with Gasteiger partial charge >= 0.3 is 29.8 Å². The van der Waals surface area contributed by atoms with Gasteiger partial charge < -0.3 is 28.4 Å². The first-order chi connectivity index (χ1) is 25.1. The van der Waals surface area contributed by atoms with Gasteiger partial charge in [0.1, 0.15) is 25.2 Å². The summed E-state index contributed by atoms with van der Waals surface area (Å²) in [5.41, 5.74) is -1.12. The summed E-state index contributed by atoms with van der Waals surface area (Å²) in [6, 6.07) is 0. The number of ether oxygens (including phenoxy) is 6. The molecule has 0 bridgehead atoms. The molecule has 1 unspecified atom stereocenters. The Morgan fingerprint density at radius 3 is 1.33 bits per heavy atom. The molecule has 0 saturated heterocycles. The second kappa shape index (κ2) is 34.1. The van der Waals surface area contributed by atoms with Crippen LogP contribution >= 0.6 is 0 Å². The summed E-state index contributed by atoms with van der Waals surface area (Å²) in [7, 11) is 1.45. The molecule has 0 aromatic rings. The van der Waals surface area contributed by atoms with Gasteiger partial charge in [-0.3, -0.25) is 24.0 Å². The smallest absolute Gasteiger partial charge is 0.317 e. The summed E-state index contributed by atoms with van der Waals surface area (Å²) >= 11 is 0. The topological polar surface area (TPSA) is 141 Å². The van der Waals surface area contributed by atoms with Crippen molar-refractivity contribution in [2.75, 3.05) is 40.1 Å². The van der Waals surface area contributed by atoms with E-state index in [1.165, 1.54) is 91.1 Å². The molecule has 0 aliphatic rings. The maximum atomic E-state index is 12.7. The van der Waals surface area contributed by atoms with Crippen LogP contribution in [0.1, 0.15) is 182 Å². The molecule has 0 aromatic carbocycles. The van der Waals surface area contributed by atoms with Crippen molar-refractivity contribution in [3.63, 3.8) is 0 Å². The lowest BCUT2D eigenvalue weighted by molar-refractivity contribution is -0.167. The highest BCUT2D eigenvalue weighted by Crippen LogP contribution is 2.20. The Balaban J connectivity index is 4.64. The molecule has 0 radical (unpaired) electrons. The molecule has 0 N–H and O–H groups in total. The Kier molecular flexibility index (Phi) is 32.3. The van der Waals surface area contributed by atoms with Crippen molar-refractivity contribution in [2.24, 2.45) is 5.41 Å². The third-order valence-corrected chi connectivity index (χ3v) is 8.94. The average Bonchev–Trinajstić information content (AvgIpc) is 3.11. The summed E-state index contributed by atoms with van der Waals surface area (Å²) in [4.78, 5) is 61.3. The summed E-state index contributed by atoms with van der Waals surface area (Å²) in [6.07, 6.45) is 22.0. The van der Waals surface area contributed by atoms with E-state index in [4.69, 9.17) is 28.4 Å². The molecule has 52 heavy (non-hydrogen) atoms. The predicted molar refractivity (Wildman–Crippen MR) is 202 cm³/mol. The van der Waals surface area contributed by atoms with Gasteiger partial charge in [-0.2, -0.15) is 0 Å². The molecular formula is C41H74O11. The largest absolute Gasteiger partial charge is 0.465 e. The van der Waals surface area contributed by atoms with Gasteiger partial charge in [-0.1, -0.05) is 117 Å². The first-order valence-electron chi connectivity index (χ1n) is 20.4. The standard InChI is InChI=1S/C41H74O11/c1-6-8-10-12-14-16-18-20-23-27-37(43)49-31-36(32-50-38(44)28-24-21-19-17-15-13-11-9-7-2)52-39(45)29-25-22-26-30-48-40(46)41(4,33-47-5)34-51-35(3)42/h36H,6-34H2,1-5H3. The fourth-order valence-electron chi connectivity index (χ4n) is 5.66. The van der Waals surface area contributed by atoms with E-state index in [2.05, 4.69) is 13.8 Å². The van der Waals surface area contributed by atoms with Gasteiger partial charge in [0.2, 0.25) is 0 Å². The van der Waals surface area contributed by atoms with Crippen molar-refractivity contribution < 1.29 is 52.4 Å². The van der Waals surface area contributed by atoms with Gasteiger partial charge in [0, 0.05) is 33.3 Å². The van der Waals surface area contributed by atoms with E-state index in [1.807, 2.05) is 0 Å². The Morgan fingerprint density at radius 1 is 0.500 bits per heavy atom. The van der Waals surface area contributed by atoms with E-state index in [-0.39, 0.29) is 51.4 Å². The Labute approximate surface area is 315 Å². The van der Waals surface area contributed by atoms with Crippen LogP contribution in [0, 0.1) is 5.41 Å². The summed E-state index contributed by atoms with van der Waals surface area (Å²) in [5, 5.41) is 0. The number of hydrogen-bond donors (Lipinski definition) is 0. The third-order valence-electron chi connectivity index (χ3n) is 8.94. The van der Waals surface area contributed by atoms with Gasteiger partial charge in [-0.25, -0.2) is 0 Å². The molecular weight excluding hydrogens is 668 g/mol. The first-order valence-corrected chi connectivity index (χ1v) is 20.4. The molecule has 11 nitrogen and oxygen atoms in total. The fourth-order valence-corrected chi connectivity index (χ4v) is 5.66. The molecule has 304 valence electrons. The number of methoxy groups -OCH3 is 1. The van der Waals surface area contributed by atoms with E-state index in [9.17, 15) is 24.0 Å². The third kappa shape index (κ3) is 29.8. The van der Waals surface area contributed by atoms with Crippen LogP contribution in [0.4, 0.5) is 0 Å². The molecule has 0 saturated carbocycles. The van der Waals surface area contributed by atoms with Crippen LogP contribution in [0.25, 0.3) is 0 Å². The minimum absolute atomic E-state index is 0.0370. The molecule has 0 rings (SSSR count). The van der Waals surface area contributed by atoms with Crippen LogP contribution in [0.2, 0.25) is 0 Å². The second-order valence-electron chi connectivity index (χ2n) is 14.4. The lowest BCUT2D eigenvalue weighted by atomic mass is 9.93. The molecule has 0 fully saturated rings. The van der Waals surface area contributed by atoms with Gasteiger partial charge in [0.25, 0.3) is 0 Å². The van der Waals surface area contributed by atoms with Crippen molar-refractivity contribution in [3.05, 3.63) is 0 Å². The zero-order valence-electron chi connectivity index (χ0n) is 33.6. The zero-order chi connectivity index (χ0) is 38.7. The molecule has 0 aliphatic carbocycles. The molecule has 1 atom stereocenters. The molecule has 0 spiro atoms. The van der Waals surface area contributed by atoms with Crippen molar-refractivity contribution in [1.82, 2.24) is 0 Å². The van der Waals surface area contributed by atoms with Crippen LogP contribution in [0.3, 0.4) is 0 Å². The lowest BCUT2D eigenvalue weighted by Crippen LogP contribution is -2.39. The lowest BCUT2D eigenvalue weighted by Gasteiger charge is -2.25.